The van der Waals surface area contributed by atoms with Crippen molar-refractivity contribution in [2.75, 3.05) is 0 Å². The molecule has 2 heterocycles. The lowest BCUT2D eigenvalue weighted by Gasteiger charge is -2.17. The van der Waals surface area contributed by atoms with Crippen LogP contribution in [0.15, 0.2) is 41.5 Å². The van der Waals surface area contributed by atoms with Crippen LogP contribution in [0.25, 0.3) is 10.2 Å². The number of hydrogen-bond acceptors (Lipinski definition) is 3. The van der Waals surface area contributed by atoms with Gasteiger partial charge in [-0.1, -0.05) is 37.3 Å². The second kappa shape index (κ2) is 6.52. The maximum atomic E-state index is 12.9. The molecule has 4 rings (SSSR count). The first-order valence-corrected chi connectivity index (χ1v) is 9.57. The van der Waals surface area contributed by atoms with Gasteiger partial charge in [0.25, 0.3) is 5.56 Å². The van der Waals surface area contributed by atoms with Gasteiger partial charge in [-0.15, -0.1) is 11.3 Å². The Morgan fingerprint density at radius 2 is 2.12 bits per heavy atom. The van der Waals surface area contributed by atoms with Gasteiger partial charge in [0, 0.05) is 11.4 Å². The number of aromatic nitrogens is 2. The average molecular weight is 338 g/mol. The fourth-order valence-electron chi connectivity index (χ4n) is 3.62. The molecule has 1 unspecified atom stereocenters. The number of rotatable bonds is 4. The zero-order chi connectivity index (χ0) is 16.5. The molecular formula is C20H22N2OS. The third kappa shape index (κ3) is 2.91. The number of thiophene rings is 1. The number of benzene rings is 1. The van der Waals surface area contributed by atoms with Gasteiger partial charge < -0.3 is 0 Å². The Hall–Kier alpha value is -1.94. The van der Waals surface area contributed by atoms with Crippen molar-refractivity contribution in [3.8, 4) is 0 Å². The van der Waals surface area contributed by atoms with Crippen LogP contribution in [-0.2, 0) is 25.8 Å². The number of nitrogens with zero attached hydrogens (tertiary/aromatic N) is 2. The summed E-state index contributed by atoms with van der Waals surface area (Å²) in [6.07, 6.45) is 7.00. The predicted molar refractivity (Wildman–Crippen MR) is 99.8 cm³/mol. The molecule has 0 fully saturated rings. The highest BCUT2D eigenvalue weighted by Gasteiger charge is 2.23. The Morgan fingerprint density at radius 3 is 2.96 bits per heavy atom. The Morgan fingerprint density at radius 1 is 1.29 bits per heavy atom. The topological polar surface area (TPSA) is 34.9 Å². The van der Waals surface area contributed by atoms with E-state index < -0.39 is 0 Å². The fourth-order valence-corrected chi connectivity index (χ4v) is 4.96. The van der Waals surface area contributed by atoms with Crippen LogP contribution in [0, 0.1) is 5.92 Å². The number of aryl methyl sites for hydroxylation is 3. The zero-order valence-electron chi connectivity index (χ0n) is 14.0. The van der Waals surface area contributed by atoms with Crippen molar-refractivity contribution in [2.45, 2.75) is 45.6 Å². The van der Waals surface area contributed by atoms with Gasteiger partial charge in [0.05, 0.1) is 11.7 Å². The van der Waals surface area contributed by atoms with Crippen LogP contribution >= 0.6 is 11.3 Å². The Kier molecular flexibility index (Phi) is 4.23. The lowest BCUT2D eigenvalue weighted by atomic mass is 9.89. The minimum atomic E-state index is 0.153. The molecule has 0 saturated carbocycles. The van der Waals surface area contributed by atoms with Crippen LogP contribution in [0.1, 0.15) is 35.8 Å². The number of hydrogen-bond donors (Lipinski definition) is 0. The van der Waals surface area contributed by atoms with Crippen LogP contribution in [0.5, 0.6) is 0 Å². The molecule has 0 radical (unpaired) electrons. The summed E-state index contributed by atoms with van der Waals surface area (Å²) >= 11 is 1.72. The van der Waals surface area contributed by atoms with Gasteiger partial charge in [-0.25, -0.2) is 4.98 Å². The van der Waals surface area contributed by atoms with E-state index in [1.807, 2.05) is 6.07 Å². The average Bonchev–Trinajstić information content (AvgIpc) is 2.96. The Balaban J connectivity index is 1.58. The van der Waals surface area contributed by atoms with Crippen molar-refractivity contribution in [1.29, 1.82) is 0 Å². The van der Waals surface area contributed by atoms with Gasteiger partial charge >= 0.3 is 0 Å². The van der Waals surface area contributed by atoms with Crippen LogP contribution < -0.4 is 5.56 Å². The molecule has 1 aliphatic rings. The minimum Gasteiger partial charge on any atom is -0.299 e. The molecule has 1 atom stereocenters. The molecule has 0 bridgehead atoms. The highest BCUT2D eigenvalue weighted by atomic mass is 32.1. The molecule has 24 heavy (non-hydrogen) atoms. The lowest BCUT2D eigenvalue weighted by Crippen LogP contribution is -2.22. The molecule has 0 spiro atoms. The summed E-state index contributed by atoms with van der Waals surface area (Å²) < 4.78 is 1.80. The molecule has 2 aromatic heterocycles. The number of fused-ring (bicyclic) bond motifs is 3. The smallest absolute Gasteiger partial charge is 0.262 e. The summed E-state index contributed by atoms with van der Waals surface area (Å²) in [4.78, 5) is 19.8. The van der Waals surface area contributed by atoms with E-state index in [4.69, 9.17) is 0 Å². The second-order valence-electron chi connectivity index (χ2n) is 6.86. The quantitative estimate of drug-likeness (QED) is 0.714. The van der Waals surface area contributed by atoms with E-state index in [9.17, 15) is 4.79 Å². The Labute approximate surface area is 146 Å². The normalized spacial score (nSPS) is 17.1. The highest BCUT2D eigenvalue weighted by Crippen LogP contribution is 2.35. The summed E-state index contributed by atoms with van der Waals surface area (Å²) in [6, 6.07) is 10.4. The van der Waals surface area contributed by atoms with Crippen LogP contribution in [0.3, 0.4) is 0 Å². The van der Waals surface area contributed by atoms with Crippen LogP contribution in [0.2, 0.25) is 0 Å². The van der Waals surface area contributed by atoms with Crippen molar-refractivity contribution >= 4 is 21.6 Å². The maximum Gasteiger partial charge on any atom is 0.262 e. The van der Waals surface area contributed by atoms with Crippen molar-refractivity contribution in [3.05, 3.63) is 63.0 Å². The first-order valence-electron chi connectivity index (χ1n) is 8.76. The molecule has 0 saturated heterocycles. The maximum absolute atomic E-state index is 12.9. The highest BCUT2D eigenvalue weighted by molar-refractivity contribution is 7.18. The van der Waals surface area contributed by atoms with Gasteiger partial charge in [0.15, 0.2) is 0 Å². The molecule has 1 aliphatic carbocycles. The first-order chi connectivity index (χ1) is 11.7. The molecular weight excluding hydrogens is 316 g/mol. The van der Waals surface area contributed by atoms with Gasteiger partial charge in [-0.05, 0) is 49.1 Å². The fraction of sp³-hybridized carbons (Fsp3) is 0.400. The van der Waals surface area contributed by atoms with Gasteiger partial charge in [-0.2, -0.15) is 0 Å². The predicted octanol–water partition coefficient (Wildman–Crippen LogP) is 4.22. The molecule has 3 aromatic rings. The SMILES string of the molecule is CC1CCc2c(sc3ncn(CCCc4ccccc4)c(=O)c23)C1. The van der Waals surface area contributed by atoms with Crippen molar-refractivity contribution in [2.24, 2.45) is 5.92 Å². The summed E-state index contributed by atoms with van der Waals surface area (Å²) in [7, 11) is 0. The van der Waals surface area contributed by atoms with Crippen LogP contribution in [0.4, 0.5) is 0 Å². The van der Waals surface area contributed by atoms with Gasteiger partial charge in [-0.3, -0.25) is 9.36 Å². The van der Waals surface area contributed by atoms with E-state index in [2.05, 4.69) is 36.2 Å². The molecule has 4 heteroatoms. The van der Waals surface area contributed by atoms with Crippen molar-refractivity contribution in [1.82, 2.24) is 9.55 Å². The molecule has 0 N–H and O–H groups in total. The Bertz CT molecular complexity index is 911. The van der Waals surface area contributed by atoms with E-state index in [0.717, 1.165) is 48.4 Å². The second-order valence-corrected chi connectivity index (χ2v) is 7.95. The van der Waals surface area contributed by atoms with E-state index >= 15 is 0 Å². The zero-order valence-corrected chi connectivity index (χ0v) is 14.8. The molecule has 0 amide bonds. The van der Waals surface area contributed by atoms with Crippen LogP contribution in [-0.4, -0.2) is 9.55 Å². The lowest BCUT2D eigenvalue weighted by molar-refractivity contribution is 0.509. The van der Waals surface area contributed by atoms with E-state index in [1.165, 1.54) is 22.4 Å². The van der Waals surface area contributed by atoms with Crippen molar-refractivity contribution in [3.63, 3.8) is 0 Å². The molecule has 3 nitrogen and oxygen atoms in total. The van der Waals surface area contributed by atoms with Gasteiger partial charge in [0.2, 0.25) is 0 Å². The standard InChI is InChI=1S/C20H22N2OS/c1-14-9-10-16-17(12-14)24-19-18(16)20(23)22(13-21-19)11-5-8-15-6-3-2-4-7-15/h2-4,6-7,13-14H,5,8-12H2,1H3. The van der Waals surface area contributed by atoms with Gasteiger partial charge in [0.1, 0.15) is 4.83 Å². The monoisotopic (exact) mass is 338 g/mol. The summed E-state index contributed by atoms with van der Waals surface area (Å²) in [5, 5.41) is 0.893. The van der Waals surface area contributed by atoms with E-state index in [1.54, 1.807) is 22.2 Å². The van der Waals surface area contributed by atoms with E-state index in [-0.39, 0.29) is 5.56 Å². The molecule has 1 aromatic carbocycles. The largest absolute Gasteiger partial charge is 0.299 e. The van der Waals surface area contributed by atoms with E-state index in [0.29, 0.717) is 0 Å². The molecule has 0 aliphatic heterocycles. The first kappa shape index (κ1) is 15.6. The molecule has 124 valence electrons. The third-order valence-electron chi connectivity index (χ3n) is 4.99. The minimum absolute atomic E-state index is 0.153. The summed E-state index contributed by atoms with van der Waals surface area (Å²) in [5.41, 5.74) is 2.75. The summed E-state index contributed by atoms with van der Waals surface area (Å²) in [5.74, 6) is 0.721. The summed E-state index contributed by atoms with van der Waals surface area (Å²) in [6.45, 7) is 3.03. The van der Waals surface area contributed by atoms with Crippen molar-refractivity contribution < 1.29 is 0 Å². The third-order valence-corrected chi connectivity index (χ3v) is 6.15.